The molecular weight excluding hydrogens is 258 g/mol. The molecular formula is C14H15N3OS. The number of benzene rings is 1. The van der Waals surface area contributed by atoms with E-state index in [2.05, 4.69) is 4.98 Å². The Morgan fingerprint density at radius 2 is 2.26 bits per heavy atom. The second-order valence-electron chi connectivity index (χ2n) is 4.44. The molecule has 0 amide bonds. The van der Waals surface area contributed by atoms with E-state index < -0.39 is 0 Å². The van der Waals surface area contributed by atoms with Crippen LogP contribution in [0.4, 0.5) is 0 Å². The van der Waals surface area contributed by atoms with Gasteiger partial charge in [0.2, 0.25) is 0 Å². The van der Waals surface area contributed by atoms with E-state index in [1.165, 1.54) is 0 Å². The summed E-state index contributed by atoms with van der Waals surface area (Å²) in [6.45, 7) is 2.41. The highest BCUT2D eigenvalue weighted by atomic mass is 32.1. The smallest absolute Gasteiger partial charge is 0.193 e. The number of nitrogens with two attached hydrogens (primary N) is 1. The van der Waals surface area contributed by atoms with Crippen LogP contribution in [0.25, 0.3) is 4.96 Å². The number of rotatable bonds is 4. The number of para-hydroxylation sites is 1. The van der Waals surface area contributed by atoms with Gasteiger partial charge in [-0.3, -0.25) is 4.40 Å². The summed E-state index contributed by atoms with van der Waals surface area (Å²) in [5.41, 5.74) is 7.87. The Morgan fingerprint density at radius 1 is 1.42 bits per heavy atom. The molecule has 98 valence electrons. The first-order valence-electron chi connectivity index (χ1n) is 6.12. The summed E-state index contributed by atoms with van der Waals surface area (Å²) in [5, 5.41) is 2.01. The number of aromatic nitrogens is 2. The summed E-state index contributed by atoms with van der Waals surface area (Å²) >= 11 is 1.61. The molecule has 4 nitrogen and oxygen atoms in total. The molecule has 1 aromatic carbocycles. The van der Waals surface area contributed by atoms with Crippen molar-refractivity contribution in [3.8, 4) is 5.75 Å². The Kier molecular flexibility index (Phi) is 3.23. The molecule has 0 radical (unpaired) electrons. The first kappa shape index (κ1) is 12.2. The average molecular weight is 273 g/mol. The third kappa shape index (κ3) is 2.47. The standard InChI is InChI=1S/C14H15N3OS/c1-10(15)12-4-2-3-5-13(12)18-9-11-8-17-6-7-19-14(17)16-11/h2-8,10H,9,15H2,1H3. The third-order valence-corrected chi connectivity index (χ3v) is 3.70. The lowest BCUT2D eigenvalue weighted by atomic mass is 10.1. The Labute approximate surface area is 115 Å². The molecule has 0 aliphatic carbocycles. The Balaban J connectivity index is 1.77. The predicted molar refractivity (Wildman–Crippen MR) is 76.4 cm³/mol. The number of ether oxygens (including phenoxy) is 1. The van der Waals surface area contributed by atoms with Gasteiger partial charge in [0, 0.05) is 29.4 Å². The fraction of sp³-hybridized carbons (Fsp3) is 0.214. The monoisotopic (exact) mass is 273 g/mol. The summed E-state index contributed by atoms with van der Waals surface area (Å²) in [7, 11) is 0. The molecule has 5 heteroatoms. The maximum atomic E-state index is 5.93. The maximum absolute atomic E-state index is 5.93. The number of thiazole rings is 1. The second-order valence-corrected chi connectivity index (χ2v) is 5.31. The van der Waals surface area contributed by atoms with Gasteiger partial charge in [-0.15, -0.1) is 11.3 Å². The van der Waals surface area contributed by atoms with Gasteiger partial charge in [-0.1, -0.05) is 18.2 Å². The van der Waals surface area contributed by atoms with Crippen LogP contribution in [0, 0.1) is 0 Å². The van der Waals surface area contributed by atoms with E-state index in [1.807, 2.05) is 53.4 Å². The van der Waals surface area contributed by atoms with Crippen LogP contribution in [0.1, 0.15) is 24.2 Å². The van der Waals surface area contributed by atoms with Crippen molar-refractivity contribution in [1.82, 2.24) is 9.38 Å². The lowest BCUT2D eigenvalue weighted by Gasteiger charge is -2.12. The molecule has 2 heterocycles. The van der Waals surface area contributed by atoms with Crippen LogP contribution in [0.15, 0.2) is 42.0 Å². The second kappa shape index (κ2) is 5.03. The van der Waals surface area contributed by atoms with E-state index in [-0.39, 0.29) is 6.04 Å². The summed E-state index contributed by atoms with van der Waals surface area (Å²) in [4.78, 5) is 5.47. The number of imidazole rings is 1. The van der Waals surface area contributed by atoms with Crippen LogP contribution in [-0.4, -0.2) is 9.38 Å². The van der Waals surface area contributed by atoms with E-state index in [0.717, 1.165) is 22.0 Å². The maximum Gasteiger partial charge on any atom is 0.193 e. The van der Waals surface area contributed by atoms with Gasteiger partial charge in [-0.05, 0) is 13.0 Å². The summed E-state index contributed by atoms with van der Waals surface area (Å²) in [5.74, 6) is 0.828. The molecule has 0 bridgehead atoms. The van der Waals surface area contributed by atoms with E-state index >= 15 is 0 Å². The van der Waals surface area contributed by atoms with Gasteiger partial charge in [0.1, 0.15) is 12.4 Å². The number of hydrogen-bond donors (Lipinski definition) is 1. The molecule has 1 atom stereocenters. The molecule has 19 heavy (non-hydrogen) atoms. The highest BCUT2D eigenvalue weighted by Gasteiger charge is 2.08. The van der Waals surface area contributed by atoms with Crippen molar-refractivity contribution in [3.63, 3.8) is 0 Å². The zero-order valence-electron chi connectivity index (χ0n) is 10.6. The largest absolute Gasteiger partial charge is 0.487 e. The fourth-order valence-corrected chi connectivity index (χ4v) is 2.70. The van der Waals surface area contributed by atoms with Crippen molar-refractivity contribution in [2.24, 2.45) is 5.73 Å². The van der Waals surface area contributed by atoms with Crippen molar-refractivity contribution in [2.75, 3.05) is 0 Å². The lowest BCUT2D eigenvalue weighted by Crippen LogP contribution is -2.08. The minimum Gasteiger partial charge on any atom is -0.487 e. The van der Waals surface area contributed by atoms with E-state index in [9.17, 15) is 0 Å². The Hall–Kier alpha value is -1.85. The van der Waals surface area contributed by atoms with Crippen LogP contribution in [0.2, 0.25) is 0 Å². The minimum atomic E-state index is -0.0401. The zero-order chi connectivity index (χ0) is 13.2. The van der Waals surface area contributed by atoms with Crippen LogP contribution in [-0.2, 0) is 6.61 Å². The molecule has 3 rings (SSSR count). The molecule has 0 aliphatic rings. The summed E-state index contributed by atoms with van der Waals surface area (Å²) < 4.78 is 7.83. The van der Waals surface area contributed by atoms with Crippen molar-refractivity contribution in [3.05, 3.63) is 53.3 Å². The number of fused-ring (bicyclic) bond motifs is 1. The number of nitrogens with zero attached hydrogens (tertiary/aromatic N) is 2. The number of hydrogen-bond acceptors (Lipinski definition) is 4. The topological polar surface area (TPSA) is 52.5 Å². The first-order chi connectivity index (χ1) is 9.24. The molecule has 3 aromatic rings. The average Bonchev–Trinajstić information content (AvgIpc) is 2.97. The fourth-order valence-electron chi connectivity index (χ4n) is 1.99. The van der Waals surface area contributed by atoms with Crippen molar-refractivity contribution in [2.45, 2.75) is 19.6 Å². The molecule has 2 N–H and O–H groups in total. The Morgan fingerprint density at radius 3 is 3.05 bits per heavy atom. The minimum absolute atomic E-state index is 0.0401. The van der Waals surface area contributed by atoms with Crippen molar-refractivity contribution < 1.29 is 4.74 Å². The van der Waals surface area contributed by atoms with Crippen LogP contribution in [0.5, 0.6) is 5.75 Å². The van der Waals surface area contributed by atoms with Crippen LogP contribution < -0.4 is 10.5 Å². The van der Waals surface area contributed by atoms with Gasteiger partial charge >= 0.3 is 0 Å². The highest BCUT2D eigenvalue weighted by Crippen LogP contribution is 2.24. The van der Waals surface area contributed by atoms with Crippen LogP contribution in [0.3, 0.4) is 0 Å². The molecule has 0 fully saturated rings. The summed E-state index contributed by atoms with van der Waals surface area (Å²) in [6.07, 6.45) is 3.98. The first-order valence-corrected chi connectivity index (χ1v) is 7.00. The predicted octanol–water partition coefficient (Wildman–Crippen LogP) is 2.99. The molecule has 0 aliphatic heterocycles. The molecule has 1 unspecified atom stereocenters. The van der Waals surface area contributed by atoms with Crippen molar-refractivity contribution >= 4 is 16.3 Å². The van der Waals surface area contributed by atoms with Crippen molar-refractivity contribution in [1.29, 1.82) is 0 Å². The molecule has 2 aromatic heterocycles. The quantitative estimate of drug-likeness (QED) is 0.795. The molecule has 0 saturated heterocycles. The van der Waals surface area contributed by atoms with Gasteiger partial charge < -0.3 is 10.5 Å². The zero-order valence-corrected chi connectivity index (χ0v) is 11.4. The Bertz CT molecular complexity index is 658. The van der Waals surface area contributed by atoms with Gasteiger partial charge in [-0.2, -0.15) is 0 Å². The van der Waals surface area contributed by atoms with E-state index in [4.69, 9.17) is 10.5 Å². The molecule has 0 saturated carbocycles. The van der Waals surface area contributed by atoms with Gasteiger partial charge in [0.15, 0.2) is 4.96 Å². The summed E-state index contributed by atoms with van der Waals surface area (Å²) in [6, 6.07) is 7.82. The third-order valence-electron chi connectivity index (χ3n) is 2.93. The van der Waals surface area contributed by atoms with Gasteiger partial charge in [0.25, 0.3) is 0 Å². The molecule has 0 spiro atoms. The van der Waals surface area contributed by atoms with Crippen LogP contribution >= 0.6 is 11.3 Å². The van der Waals surface area contributed by atoms with E-state index in [0.29, 0.717) is 6.61 Å². The SMILES string of the molecule is CC(N)c1ccccc1OCc1cn2ccsc2n1. The van der Waals surface area contributed by atoms with Gasteiger partial charge in [0.05, 0.1) is 5.69 Å². The van der Waals surface area contributed by atoms with E-state index in [1.54, 1.807) is 11.3 Å². The normalized spacial score (nSPS) is 12.7. The highest BCUT2D eigenvalue weighted by molar-refractivity contribution is 7.15. The lowest BCUT2D eigenvalue weighted by molar-refractivity contribution is 0.297. The van der Waals surface area contributed by atoms with Gasteiger partial charge in [-0.25, -0.2) is 4.98 Å².